The minimum atomic E-state index is -4.43. The molecule has 0 saturated heterocycles. The Hall–Kier alpha value is -2.48. The molecule has 0 aliphatic carbocycles. The molecule has 1 heterocycles. The van der Waals surface area contributed by atoms with Gasteiger partial charge >= 0.3 is 6.18 Å². The second-order valence-corrected chi connectivity index (χ2v) is 7.02. The molecule has 0 spiro atoms. The first-order valence-corrected chi connectivity index (χ1v) is 8.70. The van der Waals surface area contributed by atoms with E-state index in [1.54, 1.807) is 6.07 Å². The summed E-state index contributed by atoms with van der Waals surface area (Å²) in [5, 5.41) is 4.74. The Kier molecular flexibility index (Phi) is 5.22. The van der Waals surface area contributed by atoms with E-state index in [2.05, 4.69) is 10.6 Å². The third-order valence-electron chi connectivity index (χ3n) is 3.82. The molecular weight excluding hydrogens is 365 g/mol. The van der Waals surface area contributed by atoms with E-state index < -0.39 is 22.9 Å². The molecule has 0 bridgehead atoms. The van der Waals surface area contributed by atoms with E-state index in [1.807, 2.05) is 18.2 Å². The molecule has 3 rings (SSSR count). The Balaban J connectivity index is 1.57. The third kappa shape index (κ3) is 4.37. The quantitative estimate of drug-likeness (QED) is 0.848. The molecule has 2 aromatic rings. The van der Waals surface area contributed by atoms with E-state index in [9.17, 15) is 22.8 Å². The lowest BCUT2D eigenvalue weighted by Crippen LogP contribution is -2.34. The van der Waals surface area contributed by atoms with Gasteiger partial charge in [0, 0.05) is 17.9 Å². The van der Waals surface area contributed by atoms with Crippen LogP contribution in [0.2, 0.25) is 0 Å². The molecule has 0 radical (unpaired) electrons. The van der Waals surface area contributed by atoms with Gasteiger partial charge in [0.25, 0.3) is 0 Å². The largest absolute Gasteiger partial charge is 0.416 e. The zero-order chi connectivity index (χ0) is 18.7. The Morgan fingerprint density at radius 3 is 2.69 bits per heavy atom. The van der Waals surface area contributed by atoms with E-state index in [1.165, 1.54) is 23.9 Å². The Labute approximate surface area is 152 Å². The second kappa shape index (κ2) is 7.41. The van der Waals surface area contributed by atoms with Crippen molar-refractivity contribution in [2.45, 2.75) is 29.3 Å². The fourth-order valence-corrected chi connectivity index (χ4v) is 3.64. The average Bonchev–Trinajstić information content (AvgIpc) is 2.60. The van der Waals surface area contributed by atoms with Crippen LogP contribution in [0.5, 0.6) is 0 Å². The Morgan fingerprint density at radius 1 is 1.15 bits per heavy atom. The highest BCUT2D eigenvalue weighted by Crippen LogP contribution is 2.36. The lowest BCUT2D eigenvalue weighted by atomic mass is 10.1. The minimum absolute atomic E-state index is 0.0294. The van der Waals surface area contributed by atoms with Crippen molar-refractivity contribution in [2.24, 2.45) is 0 Å². The van der Waals surface area contributed by atoms with Gasteiger partial charge in [-0.25, -0.2) is 0 Å². The Morgan fingerprint density at radius 2 is 1.92 bits per heavy atom. The van der Waals surface area contributed by atoms with Crippen molar-refractivity contribution in [3.8, 4) is 0 Å². The van der Waals surface area contributed by atoms with Gasteiger partial charge < -0.3 is 10.6 Å². The van der Waals surface area contributed by atoms with Crippen molar-refractivity contribution < 1.29 is 22.8 Å². The number of fused-ring (bicyclic) bond motifs is 1. The molecule has 1 aliphatic rings. The zero-order valence-electron chi connectivity index (χ0n) is 13.5. The summed E-state index contributed by atoms with van der Waals surface area (Å²) in [4.78, 5) is 25.1. The van der Waals surface area contributed by atoms with Crippen LogP contribution in [0.1, 0.15) is 17.5 Å². The number of amides is 2. The molecule has 8 heteroatoms. The average molecular weight is 380 g/mol. The van der Waals surface area contributed by atoms with E-state index in [-0.39, 0.29) is 18.9 Å². The Bertz CT molecular complexity index is 839. The fraction of sp³-hybridized carbons (Fsp3) is 0.222. The normalized spacial score (nSPS) is 16.6. The number of para-hydroxylation sites is 1. The number of rotatable bonds is 4. The van der Waals surface area contributed by atoms with Crippen molar-refractivity contribution in [1.82, 2.24) is 5.32 Å². The van der Waals surface area contributed by atoms with Gasteiger partial charge in [0.15, 0.2) is 0 Å². The van der Waals surface area contributed by atoms with Crippen molar-refractivity contribution in [3.05, 3.63) is 59.7 Å². The van der Waals surface area contributed by atoms with Gasteiger partial charge in [-0.1, -0.05) is 24.3 Å². The SMILES string of the molecule is O=C(CC1Sc2ccccc2NC1=O)NCc1cccc(C(F)(F)F)c1. The number of carbonyl (C=O) groups excluding carboxylic acids is 2. The van der Waals surface area contributed by atoms with E-state index in [0.717, 1.165) is 17.0 Å². The molecule has 0 saturated carbocycles. The van der Waals surface area contributed by atoms with Crippen LogP contribution in [0.25, 0.3) is 0 Å². The van der Waals surface area contributed by atoms with Gasteiger partial charge in [0.2, 0.25) is 11.8 Å². The monoisotopic (exact) mass is 380 g/mol. The van der Waals surface area contributed by atoms with E-state index >= 15 is 0 Å². The van der Waals surface area contributed by atoms with Crippen molar-refractivity contribution in [3.63, 3.8) is 0 Å². The highest BCUT2D eigenvalue weighted by molar-refractivity contribution is 8.01. The van der Waals surface area contributed by atoms with Crippen molar-refractivity contribution in [1.29, 1.82) is 0 Å². The maximum atomic E-state index is 12.7. The van der Waals surface area contributed by atoms with Gasteiger partial charge in [-0.05, 0) is 29.8 Å². The van der Waals surface area contributed by atoms with Crippen LogP contribution in [0.3, 0.4) is 0 Å². The predicted octanol–water partition coefficient (Wildman–Crippen LogP) is 3.82. The number of alkyl halides is 3. The van der Waals surface area contributed by atoms with Crippen LogP contribution in [-0.2, 0) is 22.3 Å². The third-order valence-corrected chi connectivity index (χ3v) is 5.10. The number of anilines is 1. The number of carbonyl (C=O) groups is 2. The topological polar surface area (TPSA) is 58.2 Å². The van der Waals surface area contributed by atoms with Crippen LogP contribution in [0.4, 0.5) is 18.9 Å². The number of benzene rings is 2. The molecule has 2 aromatic carbocycles. The summed E-state index contributed by atoms with van der Waals surface area (Å²) in [6.07, 6.45) is -4.48. The van der Waals surface area contributed by atoms with Gasteiger partial charge in [-0.2, -0.15) is 13.2 Å². The first-order valence-electron chi connectivity index (χ1n) is 7.82. The molecule has 1 atom stereocenters. The number of hydrogen-bond donors (Lipinski definition) is 2. The summed E-state index contributed by atoms with van der Waals surface area (Å²) >= 11 is 1.30. The van der Waals surface area contributed by atoms with Crippen LogP contribution < -0.4 is 10.6 Å². The number of nitrogens with one attached hydrogen (secondary N) is 2. The summed E-state index contributed by atoms with van der Waals surface area (Å²) in [5.41, 5.74) is 0.297. The molecule has 4 nitrogen and oxygen atoms in total. The first kappa shape index (κ1) is 18.3. The maximum Gasteiger partial charge on any atom is 0.416 e. The highest BCUT2D eigenvalue weighted by Gasteiger charge is 2.31. The van der Waals surface area contributed by atoms with Crippen LogP contribution in [-0.4, -0.2) is 17.1 Å². The molecule has 0 aromatic heterocycles. The predicted molar refractivity (Wildman–Crippen MR) is 92.6 cm³/mol. The summed E-state index contributed by atoms with van der Waals surface area (Å²) in [6, 6.07) is 12.1. The molecule has 1 unspecified atom stereocenters. The first-order chi connectivity index (χ1) is 12.3. The van der Waals surface area contributed by atoms with E-state index in [0.29, 0.717) is 11.3 Å². The molecule has 1 aliphatic heterocycles. The van der Waals surface area contributed by atoms with Gasteiger partial charge in [-0.15, -0.1) is 11.8 Å². The number of thioether (sulfide) groups is 1. The summed E-state index contributed by atoms with van der Waals surface area (Å²) < 4.78 is 38.1. The molecule has 2 N–H and O–H groups in total. The standard InChI is InChI=1S/C18H15F3N2O2S/c19-18(20,21)12-5-3-4-11(8-12)10-22-16(24)9-15-17(25)23-13-6-1-2-7-14(13)26-15/h1-8,15H,9-10H2,(H,22,24)(H,23,25). The zero-order valence-corrected chi connectivity index (χ0v) is 14.3. The lowest BCUT2D eigenvalue weighted by molar-refractivity contribution is -0.137. The van der Waals surface area contributed by atoms with Crippen LogP contribution in [0, 0.1) is 0 Å². The smallest absolute Gasteiger partial charge is 0.352 e. The lowest BCUT2D eigenvalue weighted by Gasteiger charge is -2.23. The highest BCUT2D eigenvalue weighted by atomic mass is 32.2. The van der Waals surface area contributed by atoms with Gasteiger partial charge in [0.05, 0.1) is 16.5 Å². The summed E-state index contributed by atoms with van der Waals surface area (Å²) in [7, 11) is 0. The summed E-state index contributed by atoms with van der Waals surface area (Å²) in [5.74, 6) is -0.655. The minimum Gasteiger partial charge on any atom is -0.352 e. The molecule has 136 valence electrons. The molecule has 0 fully saturated rings. The van der Waals surface area contributed by atoms with Crippen LogP contribution >= 0.6 is 11.8 Å². The molecular formula is C18H15F3N2O2S. The fourth-order valence-electron chi connectivity index (χ4n) is 2.53. The van der Waals surface area contributed by atoms with Crippen molar-refractivity contribution >= 4 is 29.3 Å². The second-order valence-electron chi connectivity index (χ2n) is 5.77. The number of halogens is 3. The van der Waals surface area contributed by atoms with E-state index in [4.69, 9.17) is 0 Å². The number of hydrogen-bond acceptors (Lipinski definition) is 3. The van der Waals surface area contributed by atoms with Crippen LogP contribution in [0.15, 0.2) is 53.4 Å². The van der Waals surface area contributed by atoms with Gasteiger partial charge in [0.1, 0.15) is 0 Å². The summed E-state index contributed by atoms with van der Waals surface area (Å²) in [6.45, 7) is -0.0294. The van der Waals surface area contributed by atoms with Crippen molar-refractivity contribution in [2.75, 3.05) is 5.32 Å². The molecule has 26 heavy (non-hydrogen) atoms. The maximum absolute atomic E-state index is 12.7. The van der Waals surface area contributed by atoms with Gasteiger partial charge in [-0.3, -0.25) is 9.59 Å². The molecule has 2 amide bonds.